The van der Waals surface area contributed by atoms with Crippen molar-refractivity contribution in [2.24, 2.45) is 0 Å². The van der Waals surface area contributed by atoms with E-state index in [1.54, 1.807) is 13.1 Å². The van der Waals surface area contributed by atoms with Crippen LogP contribution in [-0.2, 0) is 4.74 Å². The van der Waals surface area contributed by atoms with E-state index in [9.17, 15) is 4.79 Å². The Balaban J connectivity index is 0.000000771. The summed E-state index contributed by atoms with van der Waals surface area (Å²) in [4.78, 5) is 15.3. The van der Waals surface area contributed by atoms with Gasteiger partial charge in [0.15, 0.2) is 0 Å². The molecule has 0 aliphatic carbocycles. The molecule has 1 aliphatic rings. The van der Waals surface area contributed by atoms with E-state index in [4.69, 9.17) is 20.7 Å². The van der Waals surface area contributed by atoms with E-state index in [-0.39, 0.29) is 24.8 Å². The van der Waals surface area contributed by atoms with Gasteiger partial charge >= 0.3 is 5.69 Å². The highest BCUT2D eigenvalue weighted by molar-refractivity contribution is 5.35. The summed E-state index contributed by atoms with van der Waals surface area (Å²) in [6.07, 6.45) is 2.58. The van der Waals surface area contributed by atoms with Gasteiger partial charge in [-0.1, -0.05) is 0 Å². The maximum absolute atomic E-state index is 11.6. The number of rotatable bonds is 2. The molecule has 1 aromatic rings. The van der Waals surface area contributed by atoms with Crippen molar-refractivity contribution in [1.82, 2.24) is 9.55 Å². The van der Waals surface area contributed by atoms with Crippen molar-refractivity contribution < 1.29 is 14.9 Å². The number of aromatic nitrogens is 2. The fourth-order valence-electron chi connectivity index (χ4n) is 1.81. The lowest BCUT2D eigenvalue weighted by Crippen LogP contribution is -2.28. The zero-order valence-corrected chi connectivity index (χ0v) is 10.5. The zero-order valence-electron chi connectivity index (χ0n) is 10.5. The molecule has 2 rings (SSSR count). The monoisotopic (exact) mass is 257 g/mol. The Morgan fingerprint density at radius 1 is 1.56 bits per heavy atom. The van der Waals surface area contributed by atoms with Crippen LogP contribution in [0.2, 0.25) is 0 Å². The van der Waals surface area contributed by atoms with E-state index in [0.717, 1.165) is 19.1 Å². The van der Waals surface area contributed by atoms with Gasteiger partial charge in [0.1, 0.15) is 12.0 Å². The number of nitrogens with zero attached hydrogens (tertiary/aromatic N) is 2. The highest BCUT2D eigenvalue weighted by Gasteiger charge is 2.26. The normalized spacial score (nSPS) is 22.4. The molecule has 2 heterocycles. The van der Waals surface area contributed by atoms with Crippen molar-refractivity contribution >= 4 is 5.82 Å². The van der Waals surface area contributed by atoms with Gasteiger partial charge < -0.3 is 20.7 Å². The van der Waals surface area contributed by atoms with E-state index in [1.807, 2.05) is 0 Å². The van der Waals surface area contributed by atoms with Gasteiger partial charge in [-0.25, -0.2) is 4.79 Å². The fraction of sp³-hybridized carbons (Fsp3) is 0.636. The van der Waals surface area contributed by atoms with Crippen molar-refractivity contribution in [2.45, 2.75) is 32.1 Å². The Labute approximate surface area is 105 Å². The van der Waals surface area contributed by atoms with Crippen LogP contribution < -0.4 is 11.4 Å². The smallest absolute Gasteiger partial charge is 0.351 e. The minimum atomic E-state index is -0.410. The summed E-state index contributed by atoms with van der Waals surface area (Å²) in [7, 11) is 1.00. The van der Waals surface area contributed by atoms with Crippen LogP contribution in [0, 0.1) is 6.92 Å². The lowest BCUT2D eigenvalue weighted by atomic mass is 10.2. The Kier molecular flexibility index (Phi) is 5.26. The standard InChI is InChI=1S/C10H15N3O3.CH4O/c1-6-4-13(10(15)12-9(6)11)8-3-2-7(5-14)16-8;1-2/h4,7-8,14H,2-3,5H2,1H3,(H2,11,12,15);2H,1H3. The van der Waals surface area contributed by atoms with Crippen LogP contribution in [0.1, 0.15) is 24.6 Å². The molecule has 0 radical (unpaired) electrons. The molecule has 7 heteroatoms. The van der Waals surface area contributed by atoms with Crippen LogP contribution in [0.15, 0.2) is 11.0 Å². The molecule has 0 aromatic carbocycles. The Hall–Kier alpha value is -1.44. The third kappa shape index (κ3) is 3.06. The molecule has 102 valence electrons. The average molecular weight is 257 g/mol. The molecule has 0 spiro atoms. The van der Waals surface area contributed by atoms with E-state index in [0.29, 0.717) is 6.42 Å². The lowest BCUT2D eigenvalue weighted by Gasteiger charge is -2.15. The molecule has 2 atom stereocenters. The van der Waals surface area contributed by atoms with Gasteiger partial charge in [0.05, 0.1) is 12.7 Å². The minimum absolute atomic E-state index is 0.0212. The van der Waals surface area contributed by atoms with Gasteiger partial charge in [-0.05, 0) is 19.8 Å². The van der Waals surface area contributed by atoms with Crippen molar-refractivity contribution in [3.8, 4) is 0 Å². The summed E-state index contributed by atoms with van der Waals surface area (Å²) in [6.45, 7) is 1.77. The highest BCUT2D eigenvalue weighted by Crippen LogP contribution is 2.26. The number of aryl methyl sites for hydroxylation is 1. The van der Waals surface area contributed by atoms with Crippen molar-refractivity contribution in [3.05, 3.63) is 22.2 Å². The second kappa shape index (κ2) is 6.48. The van der Waals surface area contributed by atoms with Crippen LogP contribution in [0.3, 0.4) is 0 Å². The quantitative estimate of drug-likeness (QED) is 0.653. The molecule has 1 aromatic heterocycles. The number of ether oxygens (including phenoxy) is 1. The summed E-state index contributed by atoms with van der Waals surface area (Å²) in [5, 5.41) is 16.0. The third-order valence-electron chi connectivity index (χ3n) is 2.77. The number of aliphatic hydroxyl groups is 2. The molecule has 7 nitrogen and oxygen atoms in total. The number of hydrogen-bond donors (Lipinski definition) is 3. The van der Waals surface area contributed by atoms with Gasteiger partial charge in [-0.3, -0.25) is 4.57 Å². The molecule has 18 heavy (non-hydrogen) atoms. The molecular formula is C11H19N3O4. The predicted octanol–water partition coefficient (Wildman–Crippen LogP) is -0.588. The first-order valence-corrected chi connectivity index (χ1v) is 5.68. The SMILES string of the molecule is CO.Cc1cn(C2CCC(CO)O2)c(=O)nc1N. The van der Waals surface area contributed by atoms with E-state index < -0.39 is 5.69 Å². The molecule has 2 unspecified atom stereocenters. The largest absolute Gasteiger partial charge is 0.400 e. The molecular weight excluding hydrogens is 238 g/mol. The molecule has 4 N–H and O–H groups in total. The lowest BCUT2D eigenvalue weighted by molar-refractivity contribution is -0.0246. The molecule has 1 fully saturated rings. The first kappa shape index (κ1) is 14.6. The summed E-state index contributed by atoms with van der Waals surface area (Å²) in [5.74, 6) is 0.248. The summed E-state index contributed by atoms with van der Waals surface area (Å²) in [5.41, 5.74) is 5.87. The second-order valence-electron chi connectivity index (χ2n) is 3.97. The molecule has 1 aliphatic heterocycles. The molecule has 0 amide bonds. The highest BCUT2D eigenvalue weighted by atomic mass is 16.5. The van der Waals surface area contributed by atoms with Crippen LogP contribution in [0.5, 0.6) is 0 Å². The van der Waals surface area contributed by atoms with Gasteiger partial charge in [0, 0.05) is 18.9 Å². The summed E-state index contributed by atoms with van der Waals surface area (Å²) >= 11 is 0. The van der Waals surface area contributed by atoms with E-state index >= 15 is 0 Å². The Morgan fingerprint density at radius 3 is 2.78 bits per heavy atom. The number of nitrogens with two attached hydrogens (primary N) is 1. The first-order valence-electron chi connectivity index (χ1n) is 5.68. The number of hydrogen-bond acceptors (Lipinski definition) is 6. The van der Waals surface area contributed by atoms with E-state index in [1.165, 1.54) is 4.57 Å². The topological polar surface area (TPSA) is 111 Å². The van der Waals surface area contributed by atoms with Crippen molar-refractivity contribution in [3.63, 3.8) is 0 Å². The van der Waals surface area contributed by atoms with E-state index in [2.05, 4.69) is 4.98 Å². The van der Waals surface area contributed by atoms with Crippen molar-refractivity contribution in [2.75, 3.05) is 19.5 Å². The maximum atomic E-state index is 11.6. The summed E-state index contributed by atoms with van der Waals surface area (Å²) in [6, 6.07) is 0. The third-order valence-corrected chi connectivity index (χ3v) is 2.77. The fourth-order valence-corrected chi connectivity index (χ4v) is 1.81. The Bertz CT molecular complexity index is 446. The Morgan fingerprint density at radius 2 is 2.22 bits per heavy atom. The average Bonchev–Trinajstić information content (AvgIpc) is 2.85. The van der Waals surface area contributed by atoms with Gasteiger partial charge in [0.25, 0.3) is 0 Å². The van der Waals surface area contributed by atoms with Crippen LogP contribution in [0.25, 0.3) is 0 Å². The number of aliphatic hydroxyl groups excluding tert-OH is 2. The number of anilines is 1. The summed E-state index contributed by atoms with van der Waals surface area (Å²) < 4.78 is 6.94. The molecule has 1 saturated heterocycles. The second-order valence-corrected chi connectivity index (χ2v) is 3.97. The minimum Gasteiger partial charge on any atom is -0.400 e. The zero-order chi connectivity index (χ0) is 13.7. The van der Waals surface area contributed by atoms with Crippen LogP contribution in [-0.4, -0.2) is 39.6 Å². The van der Waals surface area contributed by atoms with Crippen LogP contribution >= 0.6 is 0 Å². The predicted molar refractivity (Wildman–Crippen MR) is 66.0 cm³/mol. The first-order chi connectivity index (χ1) is 8.61. The molecule has 0 bridgehead atoms. The van der Waals surface area contributed by atoms with Gasteiger partial charge in [-0.2, -0.15) is 4.98 Å². The van der Waals surface area contributed by atoms with Crippen molar-refractivity contribution in [1.29, 1.82) is 0 Å². The van der Waals surface area contributed by atoms with Gasteiger partial charge in [-0.15, -0.1) is 0 Å². The number of nitrogen functional groups attached to an aromatic ring is 1. The molecule has 0 saturated carbocycles. The van der Waals surface area contributed by atoms with Gasteiger partial charge in [0.2, 0.25) is 0 Å². The van der Waals surface area contributed by atoms with Crippen LogP contribution in [0.4, 0.5) is 5.82 Å². The maximum Gasteiger partial charge on any atom is 0.351 e.